The molecule has 2 fully saturated rings. The third kappa shape index (κ3) is 3.21. The van der Waals surface area contributed by atoms with Gasteiger partial charge in [0.1, 0.15) is 0 Å². The van der Waals surface area contributed by atoms with E-state index in [1.807, 2.05) is 11.0 Å². The predicted molar refractivity (Wildman–Crippen MR) is 83.4 cm³/mol. The van der Waals surface area contributed by atoms with Crippen molar-refractivity contribution in [2.75, 3.05) is 18.4 Å². The lowest BCUT2D eigenvalue weighted by Gasteiger charge is -2.32. The summed E-state index contributed by atoms with van der Waals surface area (Å²) in [6.07, 6.45) is 8.75. The average molecular weight is 302 g/mol. The van der Waals surface area contributed by atoms with E-state index in [4.69, 9.17) is 0 Å². The first kappa shape index (κ1) is 14.8. The summed E-state index contributed by atoms with van der Waals surface area (Å²) in [4.78, 5) is 25.5. The first-order valence-electron chi connectivity index (χ1n) is 7.92. The number of likely N-dealkylation sites (tertiary alicyclic amines) is 1. The first-order chi connectivity index (χ1) is 10.6. The molecule has 1 aromatic rings. The van der Waals surface area contributed by atoms with Gasteiger partial charge >= 0.3 is 0 Å². The van der Waals surface area contributed by atoms with Gasteiger partial charge < -0.3 is 10.2 Å². The Bertz CT molecular complexity index is 599. The zero-order chi connectivity index (χ0) is 15.5. The van der Waals surface area contributed by atoms with Gasteiger partial charge in [0, 0.05) is 32.0 Å². The Kier molecular flexibility index (Phi) is 4.27. The van der Waals surface area contributed by atoms with E-state index in [1.165, 1.54) is 18.9 Å². The van der Waals surface area contributed by atoms with E-state index >= 15 is 0 Å². The van der Waals surface area contributed by atoms with Crippen molar-refractivity contribution < 1.29 is 9.59 Å². The van der Waals surface area contributed by atoms with Crippen LogP contribution in [0.2, 0.25) is 0 Å². The Morgan fingerprint density at radius 3 is 2.91 bits per heavy atom. The molecule has 1 saturated carbocycles. The summed E-state index contributed by atoms with van der Waals surface area (Å²) >= 11 is 0. The molecule has 0 aromatic carbocycles. The van der Waals surface area contributed by atoms with Gasteiger partial charge in [0.05, 0.1) is 17.6 Å². The molecule has 2 heterocycles. The predicted octanol–water partition coefficient (Wildman–Crippen LogP) is 2.18. The van der Waals surface area contributed by atoms with E-state index in [9.17, 15) is 9.59 Å². The standard InChI is InChI=1S/C16H22N4O2/c1-11(21)18-14-9-17-19-16(14)13-6-3-7-20(10-13)15(22)8-12-4-2-5-12/h8-9,13H,2-7,10H2,1H3,(H,17,19)(H,18,21). The van der Waals surface area contributed by atoms with Crippen LogP contribution < -0.4 is 5.32 Å². The van der Waals surface area contributed by atoms with Crippen molar-refractivity contribution in [1.82, 2.24) is 15.1 Å². The topological polar surface area (TPSA) is 78.1 Å². The lowest BCUT2D eigenvalue weighted by Crippen LogP contribution is -2.38. The van der Waals surface area contributed by atoms with Crippen LogP contribution in [0.15, 0.2) is 17.8 Å². The number of H-pyrrole nitrogens is 1. The lowest BCUT2D eigenvalue weighted by molar-refractivity contribution is -0.127. The number of carbonyl (C=O) groups excluding carboxylic acids is 2. The first-order valence-corrected chi connectivity index (χ1v) is 7.92. The second-order valence-electron chi connectivity index (χ2n) is 6.16. The molecule has 6 heteroatoms. The van der Waals surface area contributed by atoms with Gasteiger partial charge in [0.2, 0.25) is 11.8 Å². The monoisotopic (exact) mass is 302 g/mol. The minimum atomic E-state index is -0.110. The summed E-state index contributed by atoms with van der Waals surface area (Å²) in [5.74, 6) is 0.211. The van der Waals surface area contributed by atoms with E-state index in [0.717, 1.165) is 43.6 Å². The molecule has 0 radical (unpaired) electrons. The number of hydrogen-bond acceptors (Lipinski definition) is 3. The molecule has 2 amide bonds. The van der Waals surface area contributed by atoms with Crippen LogP contribution in [0.4, 0.5) is 5.69 Å². The second kappa shape index (κ2) is 6.34. The highest BCUT2D eigenvalue weighted by Gasteiger charge is 2.27. The van der Waals surface area contributed by atoms with Crippen LogP contribution in [0.3, 0.4) is 0 Å². The van der Waals surface area contributed by atoms with Crippen molar-refractivity contribution in [3.05, 3.63) is 23.5 Å². The molecule has 1 aliphatic carbocycles. The molecular weight excluding hydrogens is 280 g/mol. The minimum absolute atomic E-state index is 0.110. The Labute approximate surface area is 130 Å². The fourth-order valence-corrected chi connectivity index (χ4v) is 3.10. The number of rotatable bonds is 3. The highest BCUT2D eigenvalue weighted by atomic mass is 16.2. The van der Waals surface area contributed by atoms with E-state index in [-0.39, 0.29) is 17.7 Å². The Morgan fingerprint density at radius 1 is 1.41 bits per heavy atom. The number of nitrogens with one attached hydrogen (secondary N) is 2. The van der Waals surface area contributed by atoms with Gasteiger partial charge in [-0.2, -0.15) is 5.10 Å². The Hall–Kier alpha value is -2.11. The van der Waals surface area contributed by atoms with Crippen molar-refractivity contribution in [3.63, 3.8) is 0 Å². The molecule has 0 spiro atoms. The summed E-state index contributed by atoms with van der Waals surface area (Å²) in [7, 11) is 0. The number of carbonyl (C=O) groups is 2. The van der Waals surface area contributed by atoms with Gasteiger partial charge in [-0.1, -0.05) is 5.57 Å². The summed E-state index contributed by atoms with van der Waals surface area (Å²) < 4.78 is 0. The lowest BCUT2D eigenvalue weighted by atomic mass is 9.91. The number of aromatic nitrogens is 2. The fraction of sp³-hybridized carbons (Fsp3) is 0.562. The van der Waals surface area contributed by atoms with E-state index < -0.39 is 0 Å². The van der Waals surface area contributed by atoms with Crippen molar-refractivity contribution in [1.29, 1.82) is 0 Å². The number of nitrogens with zero attached hydrogens (tertiary/aromatic N) is 2. The molecule has 118 valence electrons. The average Bonchev–Trinajstić information content (AvgIpc) is 2.90. The molecule has 6 nitrogen and oxygen atoms in total. The number of amides is 2. The highest BCUT2D eigenvalue weighted by molar-refractivity contribution is 5.90. The number of allylic oxidation sites excluding steroid dienone is 1. The van der Waals surface area contributed by atoms with Crippen LogP contribution in [-0.4, -0.2) is 40.0 Å². The maximum atomic E-state index is 12.3. The largest absolute Gasteiger partial charge is 0.338 e. The molecular formula is C16H22N4O2. The highest BCUT2D eigenvalue weighted by Crippen LogP contribution is 2.31. The zero-order valence-electron chi connectivity index (χ0n) is 12.9. The van der Waals surface area contributed by atoms with Gasteiger partial charge in [-0.05, 0) is 32.1 Å². The molecule has 1 unspecified atom stereocenters. The maximum Gasteiger partial charge on any atom is 0.246 e. The fourth-order valence-electron chi connectivity index (χ4n) is 3.10. The molecule has 22 heavy (non-hydrogen) atoms. The summed E-state index contributed by atoms with van der Waals surface area (Å²) in [6.45, 7) is 2.97. The summed E-state index contributed by atoms with van der Waals surface area (Å²) in [6, 6.07) is 0. The SMILES string of the molecule is CC(=O)Nc1cn[nH]c1C1CCCN(C(=O)C=C2CCC2)C1. The van der Waals surface area contributed by atoms with Crippen molar-refractivity contribution in [2.24, 2.45) is 0 Å². The Balaban J connectivity index is 1.69. The second-order valence-corrected chi connectivity index (χ2v) is 6.16. The van der Waals surface area contributed by atoms with Gasteiger partial charge in [0.25, 0.3) is 0 Å². The molecule has 2 aliphatic rings. The van der Waals surface area contributed by atoms with Crippen LogP contribution >= 0.6 is 0 Å². The minimum Gasteiger partial charge on any atom is -0.338 e. The smallest absolute Gasteiger partial charge is 0.246 e. The van der Waals surface area contributed by atoms with Crippen LogP contribution in [0.25, 0.3) is 0 Å². The van der Waals surface area contributed by atoms with Crippen molar-refractivity contribution in [2.45, 2.75) is 44.9 Å². The number of aromatic amines is 1. The molecule has 3 rings (SSSR count). The third-order valence-corrected chi connectivity index (χ3v) is 4.44. The van der Waals surface area contributed by atoms with Crippen molar-refractivity contribution in [3.8, 4) is 0 Å². The quantitative estimate of drug-likeness (QED) is 0.840. The van der Waals surface area contributed by atoms with E-state index in [1.54, 1.807) is 6.20 Å². The third-order valence-electron chi connectivity index (χ3n) is 4.44. The van der Waals surface area contributed by atoms with Crippen LogP contribution in [0.1, 0.15) is 50.6 Å². The molecule has 1 aliphatic heterocycles. The maximum absolute atomic E-state index is 12.3. The number of anilines is 1. The van der Waals surface area contributed by atoms with E-state index in [2.05, 4.69) is 15.5 Å². The van der Waals surface area contributed by atoms with Crippen molar-refractivity contribution >= 4 is 17.5 Å². The van der Waals surface area contributed by atoms with Gasteiger partial charge in [-0.15, -0.1) is 0 Å². The molecule has 1 aromatic heterocycles. The Morgan fingerprint density at radius 2 is 2.23 bits per heavy atom. The molecule has 0 bridgehead atoms. The molecule has 1 atom stereocenters. The molecule has 1 saturated heterocycles. The summed E-state index contributed by atoms with van der Waals surface area (Å²) in [5.41, 5.74) is 2.92. The van der Waals surface area contributed by atoms with Crippen LogP contribution in [0.5, 0.6) is 0 Å². The van der Waals surface area contributed by atoms with Crippen LogP contribution in [-0.2, 0) is 9.59 Å². The molecule has 2 N–H and O–H groups in total. The van der Waals surface area contributed by atoms with Crippen LogP contribution in [0, 0.1) is 0 Å². The van der Waals surface area contributed by atoms with Gasteiger partial charge in [0.15, 0.2) is 0 Å². The zero-order valence-corrected chi connectivity index (χ0v) is 12.9. The van der Waals surface area contributed by atoms with Gasteiger partial charge in [-0.3, -0.25) is 14.7 Å². The van der Waals surface area contributed by atoms with E-state index in [0.29, 0.717) is 6.54 Å². The number of hydrogen-bond donors (Lipinski definition) is 2. The number of piperidine rings is 1. The normalized spacial score (nSPS) is 21.2. The van der Waals surface area contributed by atoms with Gasteiger partial charge in [-0.25, -0.2) is 0 Å². The summed E-state index contributed by atoms with van der Waals surface area (Å²) in [5, 5.41) is 9.82.